The van der Waals surface area contributed by atoms with E-state index in [-0.39, 0.29) is 11.5 Å². The second-order valence-electron chi connectivity index (χ2n) is 7.97. The average Bonchev–Trinajstić information content (AvgIpc) is 3.15. The van der Waals surface area contributed by atoms with Gasteiger partial charge >= 0.3 is 5.69 Å². The van der Waals surface area contributed by atoms with Gasteiger partial charge in [0.25, 0.3) is 11.5 Å². The van der Waals surface area contributed by atoms with E-state index >= 15 is 0 Å². The van der Waals surface area contributed by atoms with E-state index < -0.39 is 11.3 Å². The van der Waals surface area contributed by atoms with Crippen molar-refractivity contribution < 1.29 is 9.90 Å². The average molecular weight is 444 g/mol. The summed E-state index contributed by atoms with van der Waals surface area (Å²) in [7, 11) is 3.02. The Labute approximate surface area is 182 Å². The minimum absolute atomic E-state index is 0.254. The molecule has 3 aromatic heterocycles. The molecule has 0 unspecified atom stereocenters. The monoisotopic (exact) mass is 443 g/mol. The molecule has 3 aromatic rings. The molecule has 0 saturated carbocycles. The van der Waals surface area contributed by atoms with Gasteiger partial charge in [-0.3, -0.25) is 19.1 Å². The Morgan fingerprint density at radius 2 is 2.03 bits per heavy atom. The van der Waals surface area contributed by atoms with E-state index in [1.807, 2.05) is 13.0 Å². The first-order valence-electron chi connectivity index (χ1n) is 10.1. The molecular formula is C21H25N5O4S. The maximum absolute atomic E-state index is 12.3. The molecule has 1 fully saturated rings. The number of likely N-dealkylation sites (tertiary alicyclic amines) is 1. The molecule has 0 aromatic carbocycles. The Hall–Kier alpha value is -2.82. The number of hydrogen-bond acceptors (Lipinski definition) is 7. The molecule has 1 saturated heterocycles. The number of aromatic amines is 1. The van der Waals surface area contributed by atoms with Crippen molar-refractivity contribution in [2.45, 2.75) is 31.9 Å². The highest BCUT2D eigenvalue weighted by Gasteiger charge is 2.35. The number of H-pyrrole nitrogens is 1. The van der Waals surface area contributed by atoms with E-state index in [2.05, 4.69) is 20.2 Å². The van der Waals surface area contributed by atoms with Crippen LogP contribution in [0.1, 0.15) is 39.5 Å². The van der Waals surface area contributed by atoms with Crippen LogP contribution in [0, 0.1) is 6.92 Å². The van der Waals surface area contributed by atoms with Gasteiger partial charge in [-0.2, -0.15) is 0 Å². The lowest BCUT2D eigenvalue weighted by molar-refractivity contribution is -0.0283. The number of pyridine rings is 1. The molecule has 0 spiro atoms. The molecule has 1 amide bonds. The second-order valence-corrected chi connectivity index (χ2v) is 9.10. The quantitative estimate of drug-likeness (QED) is 0.550. The maximum atomic E-state index is 12.3. The normalized spacial score (nSPS) is 16.5. The zero-order valence-electron chi connectivity index (χ0n) is 17.7. The Balaban J connectivity index is 1.48. The highest BCUT2D eigenvalue weighted by Crippen LogP contribution is 2.35. The van der Waals surface area contributed by atoms with E-state index in [4.69, 9.17) is 0 Å². The number of aromatic nitrogens is 3. The van der Waals surface area contributed by atoms with Crippen LogP contribution in [-0.4, -0.2) is 50.6 Å². The fourth-order valence-corrected chi connectivity index (χ4v) is 5.22. The second kappa shape index (κ2) is 8.03. The van der Waals surface area contributed by atoms with Crippen LogP contribution in [0.2, 0.25) is 0 Å². The molecule has 0 aliphatic carbocycles. The number of nitrogens with one attached hydrogen (secondary N) is 2. The van der Waals surface area contributed by atoms with Crippen LogP contribution in [0.5, 0.6) is 0 Å². The summed E-state index contributed by atoms with van der Waals surface area (Å²) in [4.78, 5) is 46.2. The summed E-state index contributed by atoms with van der Waals surface area (Å²) in [5, 5.41) is 13.8. The fourth-order valence-electron chi connectivity index (χ4n) is 4.09. The molecule has 0 atom stereocenters. The van der Waals surface area contributed by atoms with Gasteiger partial charge in [-0.15, -0.1) is 11.3 Å². The van der Waals surface area contributed by atoms with Crippen LogP contribution in [0.3, 0.4) is 0 Å². The third-order valence-electron chi connectivity index (χ3n) is 5.94. The van der Waals surface area contributed by atoms with Gasteiger partial charge in [0.2, 0.25) is 0 Å². The van der Waals surface area contributed by atoms with Crippen molar-refractivity contribution in [2.24, 2.45) is 7.05 Å². The van der Waals surface area contributed by atoms with E-state index in [9.17, 15) is 19.5 Å². The maximum Gasteiger partial charge on any atom is 0.328 e. The van der Waals surface area contributed by atoms with E-state index in [1.165, 1.54) is 18.4 Å². The smallest absolute Gasteiger partial charge is 0.328 e. The van der Waals surface area contributed by atoms with Gasteiger partial charge in [0.15, 0.2) is 0 Å². The van der Waals surface area contributed by atoms with Gasteiger partial charge in [0.05, 0.1) is 11.1 Å². The summed E-state index contributed by atoms with van der Waals surface area (Å²) < 4.78 is 1.62. The van der Waals surface area contributed by atoms with Crippen LogP contribution < -0.4 is 16.6 Å². The van der Waals surface area contributed by atoms with Gasteiger partial charge in [0, 0.05) is 49.9 Å². The number of nitrogens with zero attached hydrogens (tertiary/aromatic N) is 3. The van der Waals surface area contributed by atoms with Crippen LogP contribution >= 0.6 is 11.3 Å². The van der Waals surface area contributed by atoms with E-state index in [0.29, 0.717) is 54.1 Å². The van der Waals surface area contributed by atoms with Crippen molar-refractivity contribution in [2.75, 3.05) is 20.1 Å². The van der Waals surface area contributed by atoms with Crippen LogP contribution in [0.15, 0.2) is 27.8 Å². The number of carbonyl (C=O) groups excluding carboxylic acids is 1. The predicted molar refractivity (Wildman–Crippen MR) is 118 cm³/mol. The molecule has 4 rings (SSSR count). The highest BCUT2D eigenvalue weighted by molar-refractivity contribution is 7.18. The predicted octanol–water partition coefficient (Wildman–Crippen LogP) is 0.835. The van der Waals surface area contributed by atoms with Crippen molar-refractivity contribution in [3.8, 4) is 0 Å². The molecule has 10 heteroatoms. The Kier molecular flexibility index (Phi) is 5.54. The highest BCUT2D eigenvalue weighted by atomic mass is 32.1. The molecule has 0 bridgehead atoms. The lowest BCUT2D eigenvalue weighted by Crippen LogP contribution is -2.42. The molecular weight excluding hydrogens is 418 g/mol. The van der Waals surface area contributed by atoms with Crippen molar-refractivity contribution in [3.63, 3.8) is 0 Å². The molecule has 0 radical (unpaired) electrons. The van der Waals surface area contributed by atoms with Gasteiger partial charge in [-0.1, -0.05) is 6.07 Å². The van der Waals surface area contributed by atoms with Crippen LogP contribution in [0.25, 0.3) is 10.2 Å². The Morgan fingerprint density at radius 1 is 1.32 bits per heavy atom. The van der Waals surface area contributed by atoms with Gasteiger partial charge in [-0.25, -0.2) is 9.78 Å². The summed E-state index contributed by atoms with van der Waals surface area (Å²) in [6, 6.07) is 5.29. The summed E-state index contributed by atoms with van der Waals surface area (Å²) >= 11 is 1.39. The van der Waals surface area contributed by atoms with E-state index in [0.717, 1.165) is 15.0 Å². The first-order chi connectivity index (χ1) is 14.7. The number of aliphatic hydroxyl groups is 1. The van der Waals surface area contributed by atoms with Gasteiger partial charge in [-0.05, 0) is 31.9 Å². The third kappa shape index (κ3) is 3.93. The number of aryl methyl sites for hydroxylation is 1. The SMILES string of the molecule is CNC(=O)c1ccc(C2(O)CCN(Cc3cc4[nH]c(=O)n(C)c(=O)c4s3)CC2)c(C)n1. The van der Waals surface area contributed by atoms with Gasteiger partial charge in [0.1, 0.15) is 10.4 Å². The number of piperidine rings is 1. The number of carbonyl (C=O) groups is 1. The summed E-state index contributed by atoms with van der Waals surface area (Å²) in [5.41, 5.74) is 0.612. The molecule has 4 heterocycles. The molecule has 1 aliphatic rings. The number of rotatable bonds is 4. The largest absolute Gasteiger partial charge is 0.385 e. The van der Waals surface area contributed by atoms with Crippen LogP contribution in [-0.2, 0) is 19.2 Å². The van der Waals surface area contributed by atoms with Crippen molar-refractivity contribution in [1.82, 2.24) is 24.8 Å². The van der Waals surface area contributed by atoms with Crippen molar-refractivity contribution in [1.29, 1.82) is 0 Å². The minimum Gasteiger partial charge on any atom is -0.385 e. The number of fused-ring (bicyclic) bond motifs is 1. The van der Waals surface area contributed by atoms with Crippen molar-refractivity contribution in [3.05, 3.63) is 60.9 Å². The zero-order chi connectivity index (χ0) is 22.3. The fraction of sp³-hybridized carbons (Fsp3) is 0.429. The number of hydrogen-bond donors (Lipinski definition) is 3. The standard InChI is InChI=1S/C21H25N5O4S/c1-12-14(4-5-15(23-12)18(27)22-2)21(30)6-8-26(9-7-21)11-13-10-16-17(31-13)19(28)25(3)20(29)24-16/h4-5,10,30H,6-9,11H2,1-3H3,(H,22,27)(H,24,29). The lowest BCUT2D eigenvalue weighted by atomic mass is 9.83. The Morgan fingerprint density at radius 3 is 2.68 bits per heavy atom. The molecule has 3 N–H and O–H groups in total. The zero-order valence-corrected chi connectivity index (χ0v) is 18.5. The first-order valence-corrected chi connectivity index (χ1v) is 10.9. The number of thiophene rings is 1. The lowest BCUT2D eigenvalue weighted by Gasteiger charge is -2.38. The number of amides is 1. The van der Waals surface area contributed by atoms with E-state index in [1.54, 1.807) is 19.2 Å². The van der Waals surface area contributed by atoms with Crippen molar-refractivity contribution >= 4 is 27.5 Å². The summed E-state index contributed by atoms with van der Waals surface area (Å²) in [6.45, 7) is 3.81. The molecule has 1 aliphatic heterocycles. The van der Waals surface area contributed by atoms with Crippen LogP contribution in [0.4, 0.5) is 0 Å². The first kappa shape index (κ1) is 21.4. The third-order valence-corrected chi connectivity index (χ3v) is 7.05. The summed E-state index contributed by atoms with van der Waals surface area (Å²) in [6.07, 6.45) is 1.08. The van der Waals surface area contributed by atoms with Gasteiger partial charge < -0.3 is 15.4 Å². The molecule has 164 valence electrons. The topological polar surface area (TPSA) is 120 Å². The molecule has 9 nitrogen and oxygen atoms in total. The minimum atomic E-state index is -0.990. The summed E-state index contributed by atoms with van der Waals surface area (Å²) in [5.74, 6) is -0.254. The Bertz CT molecular complexity index is 1270. The molecule has 31 heavy (non-hydrogen) atoms.